The highest BCUT2D eigenvalue weighted by Crippen LogP contribution is 1.91. The third kappa shape index (κ3) is 19.6. The lowest BCUT2D eigenvalue weighted by Gasteiger charge is -2.12. The van der Waals surface area contributed by atoms with E-state index in [1.165, 1.54) is 0 Å². The lowest BCUT2D eigenvalue weighted by Crippen LogP contribution is -2.21. The van der Waals surface area contributed by atoms with Crippen LogP contribution in [0.25, 0.3) is 0 Å². The molecule has 1 unspecified atom stereocenters. The molecule has 8 heteroatoms. The van der Waals surface area contributed by atoms with E-state index >= 15 is 0 Å². The summed E-state index contributed by atoms with van der Waals surface area (Å²) in [4.78, 5) is 0. The molecule has 0 aromatic rings. The minimum absolute atomic E-state index is 0.0291. The van der Waals surface area contributed by atoms with Crippen LogP contribution in [-0.4, -0.2) is 95.8 Å². The normalized spacial score (nSPS) is 12.7. The molecule has 140 valence electrons. The van der Waals surface area contributed by atoms with Crippen LogP contribution in [0, 0.1) is 0 Å². The fourth-order valence-electron chi connectivity index (χ4n) is 1.43. The predicted molar refractivity (Wildman–Crippen MR) is 83.4 cm³/mol. The van der Waals surface area contributed by atoms with Gasteiger partial charge in [0.15, 0.2) is 6.29 Å². The maximum absolute atomic E-state index is 9.35. The van der Waals surface area contributed by atoms with Crippen molar-refractivity contribution in [1.29, 1.82) is 0 Å². The van der Waals surface area contributed by atoms with Crippen LogP contribution in [0.3, 0.4) is 0 Å². The van der Waals surface area contributed by atoms with E-state index in [0.29, 0.717) is 66.1 Å². The zero-order valence-electron chi connectivity index (χ0n) is 14.1. The van der Waals surface area contributed by atoms with Crippen molar-refractivity contribution in [3.8, 4) is 0 Å². The van der Waals surface area contributed by atoms with Crippen LogP contribution in [0.5, 0.6) is 0 Å². The van der Waals surface area contributed by atoms with Gasteiger partial charge in [-0.25, -0.2) is 0 Å². The van der Waals surface area contributed by atoms with Gasteiger partial charge in [-0.1, -0.05) is 6.92 Å². The second-order valence-electron chi connectivity index (χ2n) is 4.57. The second kappa shape index (κ2) is 19.7. The van der Waals surface area contributed by atoms with E-state index in [1.54, 1.807) is 0 Å². The Balaban J connectivity index is 3.02. The topological polar surface area (TPSA) is 95.8 Å². The van der Waals surface area contributed by atoms with E-state index < -0.39 is 6.29 Å². The maximum atomic E-state index is 9.35. The second-order valence-corrected chi connectivity index (χ2v) is 4.57. The Kier molecular flexibility index (Phi) is 19.5. The summed E-state index contributed by atoms with van der Waals surface area (Å²) in [7, 11) is 0. The third-order valence-corrected chi connectivity index (χ3v) is 2.50. The van der Waals surface area contributed by atoms with Crippen LogP contribution in [0.4, 0.5) is 0 Å². The summed E-state index contributed by atoms with van der Waals surface area (Å²) in [5.41, 5.74) is 0. The van der Waals surface area contributed by atoms with Crippen LogP contribution < -0.4 is 0 Å². The molecule has 0 spiro atoms. The summed E-state index contributed by atoms with van der Waals surface area (Å²) < 4.78 is 31.2. The zero-order chi connectivity index (χ0) is 17.0. The van der Waals surface area contributed by atoms with Crippen molar-refractivity contribution in [1.82, 2.24) is 0 Å². The zero-order valence-corrected chi connectivity index (χ0v) is 14.1. The maximum Gasteiger partial charge on any atom is 0.178 e. The highest BCUT2D eigenvalue weighted by molar-refractivity contribution is 4.39. The van der Waals surface area contributed by atoms with Crippen molar-refractivity contribution >= 4 is 0 Å². The minimum atomic E-state index is -0.868. The molecule has 0 fully saturated rings. The van der Waals surface area contributed by atoms with Crippen molar-refractivity contribution in [2.24, 2.45) is 0 Å². The van der Waals surface area contributed by atoms with Crippen molar-refractivity contribution in [3.63, 3.8) is 0 Å². The van der Waals surface area contributed by atoms with Crippen LogP contribution >= 0.6 is 0 Å². The molecule has 0 bridgehead atoms. The quantitative estimate of drug-likeness (QED) is 0.247. The average molecular weight is 340 g/mol. The molecule has 0 saturated carbocycles. The molecule has 23 heavy (non-hydrogen) atoms. The van der Waals surface area contributed by atoms with Gasteiger partial charge in [0.2, 0.25) is 0 Å². The van der Waals surface area contributed by atoms with Gasteiger partial charge < -0.3 is 38.6 Å². The summed E-state index contributed by atoms with van der Waals surface area (Å²) in [5.74, 6) is 0. The van der Waals surface area contributed by atoms with Crippen LogP contribution in [0.2, 0.25) is 0 Å². The summed E-state index contributed by atoms with van der Waals surface area (Å²) in [5, 5.41) is 17.8. The Bertz CT molecular complexity index is 218. The summed E-state index contributed by atoms with van der Waals surface area (Å²) in [6.07, 6.45) is -0.00443. The first kappa shape index (κ1) is 22.7. The molecule has 0 aliphatic heterocycles. The summed E-state index contributed by atoms with van der Waals surface area (Å²) in [6, 6.07) is 0. The highest BCUT2D eigenvalue weighted by atomic mass is 16.6. The van der Waals surface area contributed by atoms with Gasteiger partial charge in [0.1, 0.15) is 0 Å². The number of aliphatic hydroxyl groups excluding tert-OH is 2. The van der Waals surface area contributed by atoms with Gasteiger partial charge >= 0.3 is 0 Å². The molecule has 0 aliphatic rings. The Morgan fingerprint density at radius 3 is 1.52 bits per heavy atom. The molecule has 0 heterocycles. The van der Waals surface area contributed by atoms with Gasteiger partial charge in [-0.15, -0.1) is 0 Å². The molecule has 0 radical (unpaired) electrons. The lowest BCUT2D eigenvalue weighted by molar-refractivity contribution is -0.141. The average Bonchev–Trinajstić information content (AvgIpc) is 2.56. The number of hydrogen-bond acceptors (Lipinski definition) is 8. The minimum Gasteiger partial charge on any atom is -0.394 e. The lowest BCUT2D eigenvalue weighted by atomic mass is 10.5. The highest BCUT2D eigenvalue weighted by Gasteiger charge is 2.02. The molecule has 8 nitrogen and oxygen atoms in total. The number of hydrogen-bond donors (Lipinski definition) is 2. The fourth-order valence-corrected chi connectivity index (χ4v) is 1.43. The van der Waals surface area contributed by atoms with E-state index in [2.05, 4.69) is 0 Å². The molecule has 0 saturated heterocycles. The van der Waals surface area contributed by atoms with Gasteiger partial charge in [-0.05, 0) is 6.42 Å². The first-order valence-corrected chi connectivity index (χ1v) is 8.10. The van der Waals surface area contributed by atoms with E-state index in [0.717, 1.165) is 6.42 Å². The van der Waals surface area contributed by atoms with E-state index in [1.807, 2.05) is 6.92 Å². The Labute approximate surface area is 138 Å². The van der Waals surface area contributed by atoms with Gasteiger partial charge in [0, 0.05) is 6.61 Å². The SMILES string of the molecule is CCCOC(O)COCCOCCOCCOCCOCCO. The van der Waals surface area contributed by atoms with Gasteiger partial charge in [-0.3, -0.25) is 0 Å². The molecular formula is C15H32O8. The summed E-state index contributed by atoms with van der Waals surface area (Å²) in [6.45, 7) is 6.82. The molecular weight excluding hydrogens is 308 g/mol. The Morgan fingerprint density at radius 2 is 1.09 bits per heavy atom. The van der Waals surface area contributed by atoms with Crippen molar-refractivity contribution in [2.75, 3.05) is 79.3 Å². The molecule has 0 aromatic carbocycles. The molecule has 1 atom stereocenters. The van der Waals surface area contributed by atoms with Crippen molar-refractivity contribution in [2.45, 2.75) is 19.6 Å². The van der Waals surface area contributed by atoms with Gasteiger partial charge in [-0.2, -0.15) is 0 Å². The first-order valence-electron chi connectivity index (χ1n) is 8.10. The molecule has 0 rings (SSSR count). The largest absolute Gasteiger partial charge is 0.394 e. The van der Waals surface area contributed by atoms with E-state index in [-0.39, 0.29) is 13.2 Å². The number of rotatable bonds is 19. The number of ether oxygens (including phenoxy) is 6. The van der Waals surface area contributed by atoms with E-state index in [9.17, 15) is 5.11 Å². The van der Waals surface area contributed by atoms with Gasteiger partial charge in [0.05, 0.1) is 72.7 Å². The van der Waals surface area contributed by atoms with Crippen LogP contribution in [0.15, 0.2) is 0 Å². The monoisotopic (exact) mass is 340 g/mol. The first-order chi connectivity index (χ1) is 11.3. The van der Waals surface area contributed by atoms with Crippen LogP contribution in [-0.2, 0) is 28.4 Å². The summed E-state index contributed by atoms with van der Waals surface area (Å²) >= 11 is 0. The molecule has 0 aliphatic carbocycles. The smallest absolute Gasteiger partial charge is 0.178 e. The van der Waals surface area contributed by atoms with Crippen molar-refractivity contribution in [3.05, 3.63) is 0 Å². The predicted octanol–water partition coefficient (Wildman–Crippen LogP) is -0.193. The Morgan fingerprint density at radius 1 is 0.652 bits per heavy atom. The molecule has 0 amide bonds. The molecule has 2 N–H and O–H groups in total. The van der Waals surface area contributed by atoms with E-state index in [4.69, 9.17) is 33.5 Å². The standard InChI is InChI=1S/C15H32O8/c1-2-4-23-15(17)14-22-13-12-21-11-10-20-9-8-19-7-6-18-5-3-16/h15-17H,2-14H2,1H3. The third-order valence-electron chi connectivity index (χ3n) is 2.50. The number of aliphatic hydroxyl groups is 2. The van der Waals surface area contributed by atoms with Crippen molar-refractivity contribution < 1.29 is 38.6 Å². The van der Waals surface area contributed by atoms with Gasteiger partial charge in [0.25, 0.3) is 0 Å². The molecule has 0 aromatic heterocycles. The Hall–Kier alpha value is -0.320. The fraction of sp³-hybridized carbons (Fsp3) is 1.00. The van der Waals surface area contributed by atoms with Crippen LogP contribution in [0.1, 0.15) is 13.3 Å².